The van der Waals surface area contributed by atoms with Crippen molar-refractivity contribution in [2.45, 2.75) is 26.4 Å². The Morgan fingerprint density at radius 3 is 3.07 bits per heavy atom. The van der Waals surface area contributed by atoms with Gasteiger partial charge < -0.3 is 10.6 Å². The Kier molecular flexibility index (Phi) is 4.76. The van der Waals surface area contributed by atoms with E-state index in [1.165, 1.54) is 0 Å². The standard InChI is InChI=1S/C9H17N5O/c1-3-14-8(12-7-13-14)6-11-5-4-9(15)10-2/h7,11H,3-6H2,1-2H3,(H,10,15). The number of aromatic nitrogens is 3. The molecule has 1 amide bonds. The van der Waals surface area contributed by atoms with Crippen molar-refractivity contribution in [1.29, 1.82) is 0 Å². The summed E-state index contributed by atoms with van der Waals surface area (Å²) in [5.74, 6) is 0.939. The highest BCUT2D eigenvalue weighted by atomic mass is 16.1. The minimum absolute atomic E-state index is 0.0412. The molecular weight excluding hydrogens is 194 g/mol. The maximum absolute atomic E-state index is 10.9. The van der Waals surface area contributed by atoms with E-state index in [2.05, 4.69) is 20.7 Å². The number of carbonyl (C=O) groups is 1. The summed E-state index contributed by atoms with van der Waals surface area (Å²) in [6.45, 7) is 4.12. The molecule has 15 heavy (non-hydrogen) atoms. The van der Waals surface area contributed by atoms with Crippen LogP contribution in [0.15, 0.2) is 6.33 Å². The molecule has 0 aromatic carbocycles. The highest BCUT2D eigenvalue weighted by molar-refractivity contribution is 5.75. The van der Waals surface area contributed by atoms with Gasteiger partial charge in [0.25, 0.3) is 0 Å². The fraction of sp³-hybridized carbons (Fsp3) is 0.667. The van der Waals surface area contributed by atoms with E-state index in [4.69, 9.17) is 0 Å². The topological polar surface area (TPSA) is 71.8 Å². The largest absolute Gasteiger partial charge is 0.359 e. The van der Waals surface area contributed by atoms with E-state index in [0.717, 1.165) is 12.4 Å². The van der Waals surface area contributed by atoms with E-state index in [9.17, 15) is 4.79 Å². The zero-order valence-electron chi connectivity index (χ0n) is 9.16. The van der Waals surface area contributed by atoms with Gasteiger partial charge in [-0.1, -0.05) is 0 Å². The molecule has 0 aliphatic carbocycles. The van der Waals surface area contributed by atoms with Crippen LogP contribution in [-0.2, 0) is 17.9 Å². The van der Waals surface area contributed by atoms with Gasteiger partial charge in [0.15, 0.2) is 0 Å². The number of aryl methyl sites for hydroxylation is 1. The van der Waals surface area contributed by atoms with Crippen LogP contribution in [0.4, 0.5) is 0 Å². The molecule has 0 spiro atoms. The second-order valence-corrected chi connectivity index (χ2v) is 3.09. The molecule has 1 aromatic rings. The molecule has 0 saturated carbocycles. The molecule has 0 aliphatic heterocycles. The van der Waals surface area contributed by atoms with Crippen LogP contribution in [0.3, 0.4) is 0 Å². The Morgan fingerprint density at radius 1 is 1.60 bits per heavy atom. The van der Waals surface area contributed by atoms with Crippen LogP contribution in [0.2, 0.25) is 0 Å². The Morgan fingerprint density at radius 2 is 2.40 bits per heavy atom. The molecule has 0 fully saturated rings. The minimum atomic E-state index is 0.0412. The fourth-order valence-corrected chi connectivity index (χ4v) is 1.22. The lowest BCUT2D eigenvalue weighted by molar-refractivity contribution is -0.120. The number of carbonyl (C=O) groups excluding carboxylic acids is 1. The third-order valence-corrected chi connectivity index (χ3v) is 2.09. The van der Waals surface area contributed by atoms with Gasteiger partial charge in [-0.05, 0) is 6.92 Å². The second kappa shape index (κ2) is 6.13. The zero-order chi connectivity index (χ0) is 11.1. The Balaban J connectivity index is 2.23. The molecule has 0 saturated heterocycles. The maximum atomic E-state index is 10.9. The average Bonchev–Trinajstić information content (AvgIpc) is 2.71. The number of amides is 1. The molecule has 6 heteroatoms. The van der Waals surface area contributed by atoms with Crippen molar-refractivity contribution in [3.05, 3.63) is 12.2 Å². The number of nitrogens with zero attached hydrogens (tertiary/aromatic N) is 3. The summed E-state index contributed by atoms with van der Waals surface area (Å²) in [5.41, 5.74) is 0. The lowest BCUT2D eigenvalue weighted by Crippen LogP contribution is -2.25. The van der Waals surface area contributed by atoms with Crippen LogP contribution in [0.1, 0.15) is 19.2 Å². The summed E-state index contributed by atoms with van der Waals surface area (Å²) in [7, 11) is 1.63. The Bertz CT molecular complexity index is 309. The van der Waals surface area contributed by atoms with Crippen molar-refractivity contribution in [2.75, 3.05) is 13.6 Å². The van der Waals surface area contributed by atoms with Gasteiger partial charge in [0.05, 0.1) is 6.54 Å². The average molecular weight is 211 g/mol. The molecule has 6 nitrogen and oxygen atoms in total. The van der Waals surface area contributed by atoms with Crippen LogP contribution in [0, 0.1) is 0 Å². The molecule has 0 aliphatic rings. The van der Waals surface area contributed by atoms with Crippen molar-refractivity contribution in [1.82, 2.24) is 25.4 Å². The summed E-state index contributed by atoms with van der Waals surface area (Å²) in [6, 6.07) is 0. The molecule has 2 N–H and O–H groups in total. The van der Waals surface area contributed by atoms with Crippen LogP contribution >= 0.6 is 0 Å². The third-order valence-electron chi connectivity index (χ3n) is 2.09. The molecule has 0 unspecified atom stereocenters. The number of nitrogens with one attached hydrogen (secondary N) is 2. The molecule has 1 heterocycles. The molecule has 0 atom stereocenters. The summed E-state index contributed by atoms with van der Waals surface area (Å²) < 4.78 is 1.83. The monoisotopic (exact) mass is 211 g/mol. The molecule has 1 aromatic heterocycles. The molecule has 0 radical (unpaired) electrons. The van der Waals surface area contributed by atoms with Gasteiger partial charge in [0.2, 0.25) is 5.91 Å². The second-order valence-electron chi connectivity index (χ2n) is 3.09. The van der Waals surface area contributed by atoms with Gasteiger partial charge in [0, 0.05) is 26.6 Å². The van der Waals surface area contributed by atoms with E-state index in [1.54, 1.807) is 13.4 Å². The van der Waals surface area contributed by atoms with Gasteiger partial charge in [-0.3, -0.25) is 4.79 Å². The summed E-state index contributed by atoms with van der Waals surface area (Å²) in [5, 5.41) is 9.76. The van der Waals surface area contributed by atoms with Crippen LogP contribution in [-0.4, -0.2) is 34.3 Å². The Hall–Kier alpha value is -1.43. The quantitative estimate of drug-likeness (QED) is 0.624. The first-order valence-electron chi connectivity index (χ1n) is 5.06. The minimum Gasteiger partial charge on any atom is -0.359 e. The SMILES string of the molecule is CCn1ncnc1CNCCC(=O)NC. The van der Waals surface area contributed by atoms with Gasteiger partial charge in [-0.25, -0.2) is 9.67 Å². The van der Waals surface area contributed by atoms with Gasteiger partial charge in [0.1, 0.15) is 12.2 Å². The molecule has 84 valence electrons. The van der Waals surface area contributed by atoms with Crippen molar-refractivity contribution in [3.63, 3.8) is 0 Å². The van der Waals surface area contributed by atoms with Crippen LogP contribution in [0.25, 0.3) is 0 Å². The Labute approximate surface area is 89.1 Å². The summed E-state index contributed by atoms with van der Waals surface area (Å²) in [6.07, 6.45) is 2.02. The van der Waals surface area contributed by atoms with E-state index >= 15 is 0 Å². The van der Waals surface area contributed by atoms with E-state index < -0.39 is 0 Å². The lowest BCUT2D eigenvalue weighted by Gasteiger charge is -2.04. The van der Waals surface area contributed by atoms with Crippen molar-refractivity contribution in [3.8, 4) is 0 Å². The van der Waals surface area contributed by atoms with E-state index in [-0.39, 0.29) is 5.91 Å². The van der Waals surface area contributed by atoms with E-state index in [1.807, 2.05) is 11.6 Å². The highest BCUT2D eigenvalue weighted by Gasteiger charge is 2.02. The van der Waals surface area contributed by atoms with Crippen LogP contribution < -0.4 is 10.6 Å². The first-order chi connectivity index (χ1) is 7.27. The number of hydrogen-bond donors (Lipinski definition) is 2. The van der Waals surface area contributed by atoms with E-state index in [0.29, 0.717) is 19.5 Å². The predicted molar refractivity (Wildman–Crippen MR) is 56.1 cm³/mol. The molecular formula is C9H17N5O. The smallest absolute Gasteiger partial charge is 0.221 e. The fourth-order valence-electron chi connectivity index (χ4n) is 1.22. The normalized spacial score (nSPS) is 10.3. The van der Waals surface area contributed by atoms with Crippen molar-refractivity contribution >= 4 is 5.91 Å². The third kappa shape index (κ3) is 3.67. The van der Waals surface area contributed by atoms with Crippen LogP contribution in [0.5, 0.6) is 0 Å². The molecule has 1 rings (SSSR count). The maximum Gasteiger partial charge on any atom is 0.221 e. The summed E-state index contributed by atoms with van der Waals surface area (Å²) in [4.78, 5) is 15.0. The molecule has 0 bridgehead atoms. The first kappa shape index (κ1) is 11.6. The lowest BCUT2D eigenvalue weighted by atomic mass is 10.4. The number of hydrogen-bond acceptors (Lipinski definition) is 4. The highest BCUT2D eigenvalue weighted by Crippen LogP contribution is 1.92. The summed E-state index contributed by atoms with van der Waals surface area (Å²) >= 11 is 0. The number of rotatable bonds is 6. The predicted octanol–water partition coefficient (Wildman–Crippen LogP) is -0.476. The van der Waals surface area contributed by atoms with Crippen molar-refractivity contribution < 1.29 is 4.79 Å². The van der Waals surface area contributed by atoms with Gasteiger partial charge in [-0.15, -0.1) is 0 Å². The zero-order valence-corrected chi connectivity index (χ0v) is 9.16. The first-order valence-corrected chi connectivity index (χ1v) is 5.06. The van der Waals surface area contributed by atoms with Gasteiger partial charge in [-0.2, -0.15) is 5.10 Å². The van der Waals surface area contributed by atoms with Crippen molar-refractivity contribution in [2.24, 2.45) is 0 Å². The van der Waals surface area contributed by atoms with Gasteiger partial charge >= 0.3 is 0 Å².